The van der Waals surface area contributed by atoms with Gasteiger partial charge in [0.1, 0.15) is 0 Å². The number of carbonyl (C=O) groups is 1. The van der Waals surface area contributed by atoms with Crippen LogP contribution in [0.25, 0.3) is 0 Å². The predicted molar refractivity (Wildman–Crippen MR) is 97.9 cm³/mol. The lowest BCUT2D eigenvalue weighted by molar-refractivity contribution is -0.146. The molecule has 0 amide bonds. The number of aliphatic carboxylic acids is 1. The second-order valence-electron chi connectivity index (χ2n) is 8.19. The molecule has 3 rings (SSSR count). The number of benzene rings is 1. The largest absolute Gasteiger partial charge is 0.481 e. The van der Waals surface area contributed by atoms with Crippen molar-refractivity contribution in [3.63, 3.8) is 0 Å². The predicted octanol–water partition coefficient (Wildman–Crippen LogP) is 2.35. The van der Waals surface area contributed by atoms with E-state index in [1.165, 1.54) is 5.56 Å². The van der Waals surface area contributed by atoms with E-state index < -0.39 is 17.3 Å². The molecule has 0 aliphatic carbocycles. The second kappa shape index (κ2) is 7.53. The maximum Gasteiger partial charge on any atom is 0.307 e. The first-order valence-corrected chi connectivity index (χ1v) is 9.12. The number of tetrazole rings is 1. The molecule has 0 spiro atoms. The highest BCUT2D eigenvalue weighted by molar-refractivity contribution is 5.72. The van der Waals surface area contributed by atoms with Crippen LogP contribution in [0.15, 0.2) is 24.3 Å². The van der Waals surface area contributed by atoms with Crippen molar-refractivity contribution >= 4 is 5.97 Å². The lowest BCUT2D eigenvalue weighted by atomic mass is 9.71. The summed E-state index contributed by atoms with van der Waals surface area (Å²) in [4.78, 5) is 12.0. The maximum absolute atomic E-state index is 12.0. The molecule has 2 heterocycles. The van der Waals surface area contributed by atoms with Gasteiger partial charge in [0.15, 0.2) is 5.82 Å². The molecule has 7 heteroatoms. The van der Waals surface area contributed by atoms with E-state index in [4.69, 9.17) is 0 Å². The van der Waals surface area contributed by atoms with Crippen molar-refractivity contribution in [2.24, 2.45) is 11.3 Å². The van der Waals surface area contributed by atoms with Crippen LogP contribution in [0.2, 0.25) is 0 Å². The average Bonchev–Trinajstić information content (AvgIpc) is 3.27. The van der Waals surface area contributed by atoms with Gasteiger partial charge in [0, 0.05) is 12.5 Å². The summed E-state index contributed by atoms with van der Waals surface area (Å²) in [5.41, 5.74) is 2.00. The van der Waals surface area contributed by atoms with Crippen molar-refractivity contribution in [2.45, 2.75) is 45.4 Å². The highest BCUT2D eigenvalue weighted by Gasteiger charge is 2.40. The second-order valence-corrected chi connectivity index (χ2v) is 8.19. The molecule has 1 aliphatic rings. The molecular weight excluding hydrogens is 330 g/mol. The summed E-state index contributed by atoms with van der Waals surface area (Å²) in [7, 11) is 0. The van der Waals surface area contributed by atoms with Crippen LogP contribution in [-0.2, 0) is 11.2 Å². The Bertz CT molecular complexity index is 715. The van der Waals surface area contributed by atoms with Gasteiger partial charge >= 0.3 is 5.97 Å². The zero-order valence-electron chi connectivity index (χ0n) is 15.6. The number of carboxylic acids is 1. The van der Waals surface area contributed by atoms with E-state index in [2.05, 4.69) is 50.2 Å². The van der Waals surface area contributed by atoms with Gasteiger partial charge in [-0.1, -0.05) is 50.3 Å². The van der Waals surface area contributed by atoms with Gasteiger partial charge in [0.25, 0.3) is 0 Å². The van der Waals surface area contributed by atoms with Gasteiger partial charge < -0.3 is 10.4 Å². The standard InChI is InChI=1S/C19H27N5O2/c1-19(2,3)16(18(25)26)15(17-21-23-24-22-17)10-12-4-6-13(7-5-12)14-8-9-20-11-14/h4-7,14-16,20H,8-11H2,1-3H3,(H,25,26)(H,21,22,23,24)/t14?,15-,16?/m0/s1. The molecule has 1 saturated heterocycles. The van der Waals surface area contributed by atoms with Crippen molar-refractivity contribution in [1.82, 2.24) is 25.9 Å². The van der Waals surface area contributed by atoms with Crippen LogP contribution in [0.4, 0.5) is 0 Å². The van der Waals surface area contributed by atoms with E-state index >= 15 is 0 Å². The fourth-order valence-corrected chi connectivity index (χ4v) is 3.95. The monoisotopic (exact) mass is 357 g/mol. The van der Waals surface area contributed by atoms with Gasteiger partial charge in [-0.2, -0.15) is 5.21 Å². The number of aromatic amines is 1. The summed E-state index contributed by atoms with van der Waals surface area (Å²) in [5.74, 6) is -0.764. The molecule has 3 atom stereocenters. The molecule has 7 nitrogen and oxygen atoms in total. The third kappa shape index (κ3) is 4.09. The summed E-state index contributed by atoms with van der Waals surface area (Å²) in [6.07, 6.45) is 1.73. The number of nitrogens with zero attached hydrogens (tertiary/aromatic N) is 3. The van der Waals surface area contributed by atoms with E-state index in [0.717, 1.165) is 25.1 Å². The Balaban J connectivity index is 1.85. The maximum atomic E-state index is 12.0. The van der Waals surface area contributed by atoms with Crippen molar-refractivity contribution in [2.75, 3.05) is 13.1 Å². The molecule has 2 aromatic rings. The number of rotatable bonds is 6. The van der Waals surface area contributed by atoms with Crippen LogP contribution in [-0.4, -0.2) is 44.8 Å². The molecule has 0 bridgehead atoms. The van der Waals surface area contributed by atoms with Crippen LogP contribution in [0.5, 0.6) is 0 Å². The van der Waals surface area contributed by atoms with Crippen LogP contribution < -0.4 is 5.32 Å². The minimum Gasteiger partial charge on any atom is -0.481 e. The van der Waals surface area contributed by atoms with Crippen LogP contribution in [0.1, 0.15) is 56.0 Å². The summed E-state index contributed by atoms with van der Waals surface area (Å²) in [5, 5.41) is 27.5. The molecule has 3 N–H and O–H groups in total. The summed E-state index contributed by atoms with van der Waals surface area (Å²) < 4.78 is 0. The van der Waals surface area contributed by atoms with E-state index in [1.54, 1.807) is 0 Å². The Morgan fingerprint density at radius 1 is 1.31 bits per heavy atom. The topological polar surface area (TPSA) is 104 Å². The quantitative estimate of drug-likeness (QED) is 0.733. The minimum absolute atomic E-state index is 0.342. The third-order valence-corrected chi connectivity index (χ3v) is 5.26. The zero-order valence-corrected chi connectivity index (χ0v) is 15.6. The fraction of sp³-hybridized carbons (Fsp3) is 0.579. The first-order valence-electron chi connectivity index (χ1n) is 9.12. The first-order chi connectivity index (χ1) is 12.4. The number of nitrogens with one attached hydrogen (secondary N) is 2. The number of hydrogen-bond acceptors (Lipinski definition) is 5. The molecule has 0 radical (unpaired) electrons. The van der Waals surface area contributed by atoms with Crippen molar-refractivity contribution < 1.29 is 9.90 Å². The zero-order chi connectivity index (χ0) is 18.7. The normalized spacial score (nSPS) is 20.0. The molecule has 26 heavy (non-hydrogen) atoms. The summed E-state index contributed by atoms with van der Waals surface area (Å²) >= 11 is 0. The SMILES string of the molecule is CC(C)(C)C(C(=O)O)[C@H](Cc1ccc(C2CCNC2)cc1)c1nn[nH]n1. The van der Waals surface area contributed by atoms with Crippen molar-refractivity contribution in [3.05, 3.63) is 41.2 Å². The molecule has 0 saturated carbocycles. The highest BCUT2D eigenvalue weighted by atomic mass is 16.4. The van der Waals surface area contributed by atoms with E-state index in [0.29, 0.717) is 18.2 Å². The van der Waals surface area contributed by atoms with Crippen molar-refractivity contribution in [3.8, 4) is 0 Å². The van der Waals surface area contributed by atoms with Gasteiger partial charge in [-0.15, -0.1) is 10.2 Å². The van der Waals surface area contributed by atoms with E-state index in [9.17, 15) is 9.90 Å². The van der Waals surface area contributed by atoms with E-state index in [1.807, 2.05) is 20.8 Å². The van der Waals surface area contributed by atoms with Gasteiger partial charge in [0.2, 0.25) is 0 Å². The summed E-state index contributed by atoms with van der Waals surface area (Å²) in [6, 6.07) is 8.52. The van der Waals surface area contributed by atoms with E-state index in [-0.39, 0.29) is 5.92 Å². The number of hydrogen-bond donors (Lipinski definition) is 3. The number of carboxylic acid groups (broad SMARTS) is 1. The minimum atomic E-state index is -0.832. The van der Waals surface area contributed by atoms with Crippen LogP contribution >= 0.6 is 0 Å². The average molecular weight is 357 g/mol. The third-order valence-electron chi connectivity index (χ3n) is 5.26. The van der Waals surface area contributed by atoms with Crippen LogP contribution in [0, 0.1) is 11.3 Å². The molecule has 1 fully saturated rings. The van der Waals surface area contributed by atoms with Gasteiger partial charge in [-0.25, -0.2) is 0 Å². The molecule has 1 aromatic carbocycles. The highest BCUT2D eigenvalue weighted by Crippen LogP contribution is 2.39. The van der Waals surface area contributed by atoms with Crippen LogP contribution in [0.3, 0.4) is 0 Å². The number of H-pyrrole nitrogens is 1. The van der Waals surface area contributed by atoms with Gasteiger partial charge in [-0.3, -0.25) is 4.79 Å². The Kier molecular flexibility index (Phi) is 5.36. The summed E-state index contributed by atoms with van der Waals surface area (Å²) in [6.45, 7) is 7.91. The Morgan fingerprint density at radius 3 is 2.54 bits per heavy atom. The molecular formula is C19H27N5O2. The Hall–Kier alpha value is -2.28. The first kappa shape index (κ1) is 18.5. The molecule has 2 unspecified atom stereocenters. The smallest absolute Gasteiger partial charge is 0.307 e. The molecule has 1 aromatic heterocycles. The Labute approximate surface area is 153 Å². The number of aromatic nitrogens is 4. The van der Waals surface area contributed by atoms with Gasteiger partial charge in [0.05, 0.1) is 5.92 Å². The molecule has 1 aliphatic heterocycles. The molecule has 140 valence electrons. The van der Waals surface area contributed by atoms with Gasteiger partial charge in [-0.05, 0) is 41.8 Å². The lowest BCUT2D eigenvalue weighted by Crippen LogP contribution is -2.35. The van der Waals surface area contributed by atoms with Crippen molar-refractivity contribution in [1.29, 1.82) is 0 Å². The lowest BCUT2D eigenvalue weighted by Gasteiger charge is -2.32. The fourth-order valence-electron chi connectivity index (χ4n) is 3.95. The Morgan fingerprint density at radius 2 is 2.04 bits per heavy atom.